The summed E-state index contributed by atoms with van der Waals surface area (Å²) in [6.07, 6.45) is 0. The molecule has 0 rings (SSSR count). The van der Waals surface area contributed by atoms with Gasteiger partial charge in [-0.05, 0) is 62.3 Å². The summed E-state index contributed by atoms with van der Waals surface area (Å²) in [7, 11) is 9.43. The van der Waals surface area contributed by atoms with Crippen molar-refractivity contribution in [2.75, 3.05) is 54.4 Å². The van der Waals surface area contributed by atoms with Gasteiger partial charge in [-0.25, -0.2) is 0 Å². The third-order valence-electron chi connectivity index (χ3n) is 6.44. The Balaban J connectivity index is 4.95. The van der Waals surface area contributed by atoms with Crippen molar-refractivity contribution in [1.82, 2.24) is 4.90 Å². The third kappa shape index (κ3) is 6.72. The Bertz CT molecular complexity index is 332. The van der Waals surface area contributed by atoms with Crippen molar-refractivity contribution >= 4 is 0 Å². The van der Waals surface area contributed by atoms with Crippen molar-refractivity contribution in [3.05, 3.63) is 0 Å². The standard InChI is InChI=1S/C20H47N3/c1-18(2,3)21(14-16-22(10,11)19(4,5)6)15-17-23(12,13)20(7,8)9/h14-17H2,1-13H3/q+2. The molecular formula is C20H47N3+2. The minimum absolute atomic E-state index is 0.218. The Labute approximate surface area is 147 Å². The molecule has 0 atom stereocenters. The second kappa shape index (κ2) is 7.01. The van der Waals surface area contributed by atoms with E-state index in [1.165, 1.54) is 13.1 Å². The molecule has 0 aromatic carbocycles. The molecule has 0 heterocycles. The Morgan fingerprint density at radius 1 is 0.565 bits per heavy atom. The lowest BCUT2D eigenvalue weighted by Gasteiger charge is -2.47. The van der Waals surface area contributed by atoms with Crippen molar-refractivity contribution in [3.8, 4) is 0 Å². The summed E-state index contributed by atoms with van der Waals surface area (Å²) in [6, 6.07) is 0. The maximum absolute atomic E-state index is 2.67. The van der Waals surface area contributed by atoms with Gasteiger partial charge in [0.1, 0.15) is 0 Å². The number of hydrogen-bond acceptors (Lipinski definition) is 1. The molecule has 3 heteroatoms. The first-order valence-corrected chi connectivity index (χ1v) is 9.22. The number of quaternary nitrogens is 2. The lowest BCUT2D eigenvalue weighted by Crippen LogP contribution is -2.61. The first kappa shape index (κ1) is 22.9. The second-order valence-electron chi connectivity index (χ2n) is 11.3. The van der Waals surface area contributed by atoms with E-state index in [9.17, 15) is 0 Å². The van der Waals surface area contributed by atoms with Crippen molar-refractivity contribution < 1.29 is 8.97 Å². The topological polar surface area (TPSA) is 3.24 Å². The fourth-order valence-corrected chi connectivity index (χ4v) is 2.19. The van der Waals surface area contributed by atoms with Gasteiger partial charge in [-0.3, -0.25) is 4.90 Å². The number of nitrogens with zero attached hydrogens (tertiary/aromatic N) is 3. The number of rotatable bonds is 6. The molecule has 0 aliphatic rings. The van der Waals surface area contributed by atoms with Crippen LogP contribution in [0.25, 0.3) is 0 Å². The summed E-state index contributed by atoms with van der Waals surface area (Å²) in [5.74, 6) is 0. The van der Waals surface area contributed by atoms with Gasteiger partial charge in [0.15, 0.2) is 0 Å². The molecular weight excluding hydrogens is 282 g/mol. The average molecular weight is 330 g/mol. The average Bonchev–Trinajstić information content (AvgIpc) is 2.23. The molecule has 0 saturated heterocycles. The van der Waals surface area contributed by atoms with Gasteiger partial charge in [-0.15, -0.1) is 0 Å². The Kier molecular flexibility index (Phi) is 6.98. The quantitative estimate of drug-likeness (QED) is 0.669. The summed E-state index contributed by atoms with van der Waals surface area (Å²) < 4.78 is 2.11. The van der Waals surface area contributed by atoms with Gasteiger partial charge in [-0.1, -0.05) is 0 Å². The van der Waals surface area contributed by atoms with E-state index in [4.69, 9.17) is 0 Å². The van der Waals surface area contributed by atoms with E-state index in [0.717, 1.165) is 22.1 Å². The van der Waals surface area contributed by atoms with Gasteiger partial charge in [-0.2, -0.15) is 0 Å². The first-order valence-electron chi connectivity index (χ1n) is 9.22. The highest BCUT2D eigenvalue weighted by molar-refractivity contribution is 4.77. The Morgan fingerprint density at radius 3 is 1.00 bits per heavy atom. The molecule has 0 N–H and O–H groups in total. The minimum Gasteiger partial charge on any atom is -0.323 e. The molecule has 0 aliphatic heterocycles. The molecule has 0 saturated carbocycles. The predicted octanol–water partition coefficient (Wildman–Crippen LogP) is 3.84. The molecule has 0 aliphatic carbocycles. The van der Waals surface area contributed by atoms with Crippen LogP contribution >= 0.6 is 0 Å². The first-order chi connectivity index (χ1) is 9.81. The van der Waals surface area contributed by atoms with Crippen molar-refractivity contribution in [2.24, 2.45) is 0 Å². The van der Waals surface area contributed by atoms with Crippen LogP contribution in [0, 0.1) is 0 Å². The van der Waals surface area contributed by atoms with Crippen LogP contribution in [0.1, 0.15) is 62.3 Å². The van der Waals surface area contributed by atoms with Crippen LogP contribution in [0.5, 0.6) is 0 Å². The zero-order valence-electron chi connectivity index (χ0n) is 18.7. The molecule has 0 amide bonds. The van der Waals surface area contributed by atoms with E-state index in [0.29, 0.717) is 0 Å². The van der Waals surface area contributed by atoms with E-state index in [1.54, 1.807) is 0 Å². The smallest absolute Gasteiger partial charge is 0.0915 e. The molecule has 0 bridgehead atoms. The molecule has 0 radical (unpaired) electrons. The summed E-state index contributed by atoms with van der Waals surface area (Å²) in [6.45, 7) is 25.8. The normalized spacial score (nSPS) is 15.4. The zero-order chi connectivity index (χ0) is 18.9. The third-order valence-corrected chi connectivity index (χ3v) is 6.44. The van der Waals surface area contributed by atoms with E-state index >= 15 is 0 Å². The Hall–Kier alpha value is -0.120. The van der Waals surface area contributed by atoms with Crippen LogP contribution in [-0.2, 0) is 0 Å². The lowest BCUT2D eigenvalue weighted by molar-refractivity contribution is -0.937. The van der Waals surface area contributed by atoms with E-state index < -0.39 is 0 Å². The highest BCUT2D eigenvalue weighted by atomic mass is 15.4. The summed E-state index contributed by atoms with van der Waals surface area (Å²) in [4.78, 5) is 2.67. The molecule has 140 valence electrons. The van der Waals surface area contributed by atoms with Crippen LogP contribution in [0.2, 0.25) is 0 Å². The van der Waals surface area contributed by atoms with Crippen LogP contribution in [0.15, 0.2) is 0 Å². The molecule has 3 nitrogen and oxygen atoms in total. The Morgan fingerprint density at radius 2 is 0.826 bits per heavy atom. The lowest BCUT2D eigenvalue weighted by atomic mass is 10.0. The second-order valence-corrected chi connectivity index (χ2v) is 11.3. The van der Waals surface area contributed by atoms with Crippen LogP contribution in [0.4, 0.5) is 0 Å². The van der Waals surface area contributed by atoms with Crippen LogP contribution in [-0.4, -0.2) is 84.9 Å². The van der Waals surface area contributed by atoms with E-state index in [2.05, 4.69) is 95.4 Å². The van der Waals surface area contributed by atoms with Crippen molar-refractivity contribution in [1.29, 1.82) is 0 Å². The molecule has 0 fully saturated rings. The minimum atomic E-state index is 0.218. The highest BCUT2D eigenvalue weighted by Gasteiger charge is 2.35. The largest absolute Gasteiger partial charge is 0.323 e. The van der Waals surface area contributed by atoms with Gasteiger partial charge >= 0.3 is 0 Å². The van der Waals surface area contributed by atoms with Gasteiger partial charge in [0, 0.05) is 18.6 Å². The zero-order valence-corrected chi connectivity index (χ0v) is 18.7. The predicted molar refractivity (Wildman–Crippen MR) is 105 cm³/mol. The summed E-state index contributed by atoms with van der Waals surface area (Å²) in [5.41, 5.74) is 0.782. The fourth-order valence-electron chi connectivity index (χ4n) is 2.19. The van der Waals surface area contributed by atoms with E-state index in [-0.39, 0.29) is 16.6 Å². The van der Waals surface area contributed by atoms with Gasteiger partial charge in [0.05, 0.1) is 52.4 Å². The SMILES string of the molecule is CC(C)(C)N(CC[N+](C)(C)C(C)(C)C)CC[N+](C)(C)C(C)(C)C. The van der Waals surface area contributed by atoms with Crippen LogP contribution < -0.4 is 0 Å². The molecule has 0 aromatic heterocycles. The molecule has 0 aromatic rings. The molecule has 0 unspecified atom stereocenters. The monoisotopic (exact) mass is 329 g/mol. The maximum Gasteiger partial charge on any atom is 0.0915 e. The van der Waals surface area contributed by atoms with Gasteiger partial charge in [0.2, 0.25) is 0 Å². The maximum atomic E-state index is 2.67. The van der Waals surface area contributed by atoms with E-state index in [1.807, 2.05) is 0 Å². The van der Waals surface area contributed by atoms with Gasteiger partial charge in [0.25, 0.3) is 0 Å². The summed E-state index contributed by atoms with van der Waals surface area (Å²) >= 11 is 0. The highest BCUT2D eigenvalue weighted by Crippen LogP contribution is 2.23. The number of hydrogen-bond donors (Lipinski definition) is 0. The fraction of sp³-hybridized carbons (Fsp3) is 1.00. The molecule has 0 spiro atoms. The van der Waals surface area contributed by atoms with Crippen LogP contribution in [0.3, 0.4) is 0 Å². The van der Waals surface area contributed by atoms with Crippen molar-refractivity contribution in [2.45, 2.75) is 78.9 Å². The number of likely N-dealkylation sites (N-methyl/N-ethyl adjacent to an activating group) is 2. The summed E-state index contributed by atoms with van der Waals surface area (Å²) in [5, 5.41) is 0. The van der Waals surface area contributed by atoms with Gasteiger partial charge < -0.3 is 8.97 Å². The van der Waals surface area contributed by atoms with Crippen molar-refractivity contribution in [3.63, 3.8) is 0 Å². The molecule has 23 heavy (non-hydrogen) atoms.